The van der Waals surface area contributed by atoms with Gasteiger partial charge in [0.05, 0.1) is 26.3 Å². The molecule has 0 aromatic heterocycles. The molecule has 0 bridgehead atoms. The van der Waals surface area contributed by atoms with Gasteiger partial charge in [-0.25, -0.2) is 4.39 Å². The zero-order chi connectivity index (χ0) is 15.0. The summed E-state index contributed by atoms with van der Waals surface area (Å²) >= 11 is 0. The summed E-state index contributed by atoms with van der Waals surface area (Å²) in [5.41, 5.74) is 0.688. The molecule has 112 valence electrons. The zero-order valence-electron chi connectivity index (χ0n) is 12.0. The third kappa shape index (κ3) is 5.14. The highest BCUT2D eigenvalue weighted by Crippen LogP contribution is 2.21. The largest absolute Gasteiger partial charge is 0.494 e. The van der Waals surface area contributed by atoms with E-state index in [-0.39, 0.29) is 24.2 Å². The standard InChI is InChI=1S/C14H21FN2O3/c1-10(17-14(18)9-16-6-7-19-2)11-4-5-13(20-3)12(15)8-11/h4-5,8,10,16H,6-7,9H2,1-3H3,(H,17,18). The number of hydrogen-bond donors (Lipinski definition) is 2. The van der Waals surface area contributed by atoms with E-state index in [9.17, 15) is 9.18 Å². The molecule has 5 nitrogen and oxygen atoms in total. The summed E-state index contributed by atoms with van der Waals surface area (Å²) in [4.78, 5) is 11.7. The Balaban J connectivity index is 2.47. The molecular formula is C14H21FN2O3. The monoisotopic (exact) mass is 284 g/mol. The predicted molar refractivity (Wildman–Crippen MR) is 74.3 cm³/mol. The number of carbonyl (C=O) groups is 1. The predicted octanol–water partition coefficient (Wildman–Crippen LogP) is 1.25. The Morgan fingerprint density at radius 2 is 2.15 bits per heavy atom. The molecule has 1 rings (SSSR count). The molecule has 0 spiro atoms. The molecule has 0 saturated heterocycles. The van der Waals surface area contributed by atoms with E-state index >= 15 is 0 Å². The second-order valence-electron chi connectivity index (χ2n) is 4.35. The van der Waals surface area contributed by atoms with Crippen LogP contribution in [0.4, 0.5) is 4.39 Å². The first-order valence-electron chi connectivity index (χ1n) is 6.41. The van der Waals surface area contributed by atoms with Gasteiger partial charge in [0.2, 0.25) is 5.91 Å². The SMILES string of the molecule is COCCNCC(=O)NC(C)c1ccc(OC)c(F)c1. The first-order chi connectivity index (χ1) is 9.58. The summed E-state index contributed by atoms with van der Waals surface area (Å²) in [6.07, 6.45) is 0. The Hall–Kier alpha value is -1.66. The molecule has 1 atom stereocenters. The zero-order valence-corrected chi connectivity index (χ0v) is 12.0. The topological polar surface area (TPSA) is 59.6 Å². The van der Waals surface area contributed by atoms with Gasteiger partial charge in [0.15, 0.2) is 11.6 Å². The van der Waals surface area contributed by atoms with Gasteiger partial charge >= 0.3 is 0 Å². The van der Waals surface area contributed by atoms with Crippen LogP contribution in [0.15, 0.2) is 18.2 Å². The van der Waals surface area contributed by atoms with Crippen molar-refractivity contribution < 1.29 is 18.7 Å². The molecule has 1 unspecified atom stereocenters. The maximum Gasteiger partial charge on any atom is 0.234 e. The number of carbonyl (C=O) groups excluding carboxylic acids is 1. The van der Waals surface area contributed by atoms with Gasteiger partial charge in [0, 0.05) is 13.7 Å². The molecule has 1 amide bonds. The number of halogens is 1. The van der Waals surface area contributed by atoms with Crippen molar-refractivity contribution in [3.63, 3.8) is 0 Å². The highest BCUT2D eigenvalue weighted by atomic mass is 19.1. The average Bonchev–Trinajstić information content (AvgIpc) is 2.43. The van der Waals surface area contributed by atoms with Crippen molar-refractivity contribution in [3.8, 4) is 5.75 Å². The lowest BCUT2D eigenvalue weighted by Crippen LogP contribution is -2.36. The maximum absolute atomic E-state index is 13.6. The van der Waals surface area contributed by atoms with Crippen molar-refractivity contribution in [1.82, 2.24) is 10.6 Å². The fourth-order valence-corrected chi connectivity index (χ4v) is 1.70. The van der Waals surface area contributed by atoms with Gasteiger partial charge < -0.3 is 20.1 Å². The lowest BCUT2D eigenvalue weighted by molar-refractivity contribution is -0.120. The van der Waals surface area contributed by atoms with E-state index in [4.69, 9.17) is 9.47 Å². The third-order valence-corrected chi connectivity index (χ3v) is 2.82. The smallest absolute Gasteiger partial charge is 0.234 e. The Morgan fingerprint density at radius 3 is 2.75 bits per heavy atom. The normalized spacial score (nSPS) is 12.0. The van der Waals surface area contributed by atoms with Crippen LogP contribution in [-0.4, -0.2) is 39.8 Å². The van der Waals surface area contributed by atoms with E-state index in [0.29, 0.717) is 18.7 Å². The van der Waals surface area contributed by atoms with Gasteiger partial charge in [-0.3, -0.25) is 4.79 Å². The molecule has 1 aromatic rings. The second-order valence-corrected chi connectivity index (χ2v) is 4.35. The molecule has 0 aliphatic carbocycles. The number of methoxy groups -OCH3 is 2. The van der Waals surface area contributed by atoms with Crippen molar-refractivity contribution in [2.24, 2.45) is 0 Å². The highest BCUT2D eigenvalue weighted by Gasteiger charge is 2.11. The lowest BCUT2D eigenvalue weighted by Gasteiger charge is -2.15. The molecule has 2 N–H and O–H groups in total. The van der Waals surface area contributed by atoms with Crippen LogP contribution in [0.1, 0.15) is 18.5 Å². The van der Waals surface area contributed by atoms with Gasteiger partial charge in [-0.1, -0.05) is 6.07 Å². The number of hydrogen-bond acceptors (Lipinski definition) is 4. The van der Waals surface area contributed by atoms with E-state index < -0.39 is 5.82 Å². The average molecular weight is 284 g/mol. The summed E-state index contributed by atoms with van der Waals surface area (Å²) < 4.78 is 23.3. The van der Waals surface area contributed by atoms with Crippen LogP contribution in [0, 0.1) is 5.82 Å². The van der Waals surface area contributed by atoms with Crippen molar-refractivity contribution >= 4 is 5.91 Å². The van der Waals surface area contributed by atoms with Gasteiger partial charge in [0.25, 0.3) is 0 Å². The first kappa shape index (κ1) is 16.4. The Kier molecular flexibility index (Phi) is 6.97. The molecule has 20 heavy (non-hydrogen) atoms. The summed E-state index contributed by atoms with van der Waals surface area (Å²) in [5, 5.41) is 5.73. The molecule has 0 aliphatic rings. The number of amides is 1. The quantitative estimate of drug-likeness (QED) is 0.705. The summed E-state index contributed by atoms with van der Waals surface area (Å²) in [7, 11) is 3.01. The van der Waals surface area contributed by atoms with E-state index in [1.54, 1.807) is 26.2 Å². The van der Waals surface area contributed by atoms with Crippen molar-refractivity contribution in [3.05, 3.63) is 29.6 Å². The Morgan fingerprint density at radius 1 is 1.40 bits per heavy atom. The van der Waals surface area contributed by atoms with Gasteiger partial charge in [-0.05, 0) is 24.6 Å². The molecule has 6 heteroatoms. The van der Waals surface area contributed by atoms with Crippen LogP contribution in [0.3, 0.4) is 0 Å². The van der Waals surface area contributed by atoms with Gasteiger partial charge in [0.1, 0.15) is 0 Å². The van der Waals surface area contributed by atoms with Crippen LogP contribution in [0.2, 0.25) is 0 Å². The van der Waals surface area contributed by atoms with Crippen LogP contribution in [0.5, 0.6) is 5.75 Å². The Bertz CT molecular complexity index is 440. The van der Waals surface area contributed by atoms with Crippen molar-refractivity contribution in [1.29, 1.82) is 0 Å². The fourth-order valence-electron chi connectivity index (χ4n) is 1.70. The number of benzene rings is 1. The summed E-state index contributed by atoms with van der Waals surface area (Å²) in [5.74, 6) is -0.400. The first-order valence-corrected chi connectivity index (χ1v) is 6.41. The highest BCUT2D eigenvalue weighted by molar-refractivity contribution is 5.78. The Labute approximate surface area is 118 Å². The number of nitrogens with one attached hydrogen (secondary N) is 2. The van der Waals surface area contributed by atoms with E-state index in [0.717, 1.165) is 0 Å². The minimum absolute atomic E-state index is 0.148. The van der Waals surface area contributed by atoms with Crippen LogP contribution in [0.25, 0.3) is 0 Å². The molecular weight excluding hydrogens is 263 g/mol. The van der Waals surface area contributed by atoms with Crippen molar-refractivity contribution in [2.75, 3.05) is 33.9 Å². The molecule has 0 saturated carbocycles. The molecule has 0 heterocycles. The second kappa shape index (κ2) is 8.50. The van der Waals surface area contributed by atoms with Gasteiger partial charge in [-0.2, -0.15) is 0 Å². The molecule has 0 aliphatic heterocycles. The summed E-state index contributed by atoms with van der Waals surface area (Å²) in [6, 6.07) is 4.37. The molecule has 0 radical (unpaired) electrons. The number of rotatable bonds is 8. The van der Waals surface area contributed by atoms with E-state index in [1.807, 2.05) is 0 Å². The van der Waals surface area contributed by atoms with Crippen LogP contribution in [-0.2, 0) is 9.53 Å². The van der Waals surface area contributed by atoms with E-state index in [1.165, 1.54) is 13.2 Å². The fraction of sp³-hybridized carbons (Fsp3) is 0.500. The van der Waals surface area contributed by atoms with E-state index in [2.05, 4.69) is 10.6 Å². The number of ether oxygens (including phenoxy) is 2. The lowest BCUT2D eigenvalue weighted by atomic mass is 10.1. The van der Waals surface area contributed by atoms with Crippen LogP contribution < -0.4 is 15.4 Å². The third-order valence-electron chi connectivity index (χ3n) is 2.82. The molecule has 0 fully saturated rings. The minimum atomic E-state index is -0.440. The van der Waals surface area contributed by atoms with Crippen molar-refractivity contribution in [2.45, 2.75) is 13.0 Å². The van der Waals surface area contributed by atoms with Gasteiger partial charge in [-0.15, -0.1) is 0 Å². The molecule has 1 aromatic carbocycles. The maximum atomic E-state index is 13.6. The van der Waals surface area contributed by atoms with Crippen LogP contribution >= 0.6 is 0 Å². The summed E-state index contributed by atoms with van der Waals surface area (Å²) in [6.45, 7) is 3.16. The minimum Gasteiger partial charge on any atom is -0.494 e.